The van der Waals surface area contributed by atoms with Crippen molar-refractivity contribution in [2.45, 2.75) is 31.0 Å². The number of hydrogen-bond acceptors (Lipinski definition) is 6. The summed E-state index contributed by atoms with van der Waals surface area (Å²) in [6, 6.07) is 10.4. The number of ether oxygens (including phenoxy) is 1. The zero-order valence-corrected chi connectivity index (χ0v) is 16.5. The van der Waals surface area contributed by atoms with Gasteiger partial charge in [-0.1, -0.05) is 18.2 Å². The second-order valence-corrected chi connectivity index (χ2v) is 8.95. The van der Waals surface area contributed by atoms with Gasteiger partial charge in [-0.3, -0.25) is 4.98 Å². The first-order valence-corrected chi connectivity index (χ1v) is 10.4. The highest BCUT2D eigenvalue weighted by Crippen LogP contribution is 2.30. The molecule has 1 aliphatic rings. The maximum absolute atomic E-state index is 12.9. The van der Waals surface area contributed by atoms with Crippen molar-refractivity contribution < 1.29 is 22.4 Å². The molecule has 1 aliphatic carbocycles. The molecule has 0 radical (unpaired) electrons. The number of rotatable bonds is 5. The van der Waals surface area contributed by atoms with E-state index in [1.54, 1.807) is 0 Å². The lowest BCUT2D eigenvalue weighted by Crippen LogP contribution is -2.21. The minimum Gasteiger partial charge on any atom is -0.454 e. The highest BCUT2D eigenvalue weighted by atomic mass is 32.2. The number of furan rings is 1. The van der Waals surface area contributed by atoms with Crippen LogP contribution in [0.5, 0.6) is 0 Å². The van der Waals surface area contributed by atoms with Gasteiger partial charge in [0, 0.05) is 25.2 Å². The summed E-state index contributed by atoms with van der Waals surface area (Å²) in [5.74, 6) is -0.186. The molecule has 0 unspecified atom stereocenters. The first-order chi connectivity index (χ1) is 13.4. The van der Waals surface area contributed by atoms with E-state index in [4.69, 9.17) is 9.15 Å². The standard InChI is InChI=1S/C20H20N2O5S/c1-22(2)28(24,25)18-11-10-13(27-18)12-26-20(23)19-14-6-3-4-8-16(14)21-17-9-5-7-15(17)19/h3-4,6,8,10-11H,5,7,9,12H2,1-2H3. The van der Waals surface area contributed by atoms with Gasteiger partial charge in [0.2, 0.25) is 5.09 Å². The van der Waals surface area contributed by atoms with Gasteiger partial charge < -0.3 is 9.15 Å². The van der Waals surface area contributed by atoms with Gasteiger partial charge in [-0.25, -0.2) is 17.5 Å². The van der Waals surface area contributed by atoms with Crippen molar-refractivity contribution in [3.05, 3.63) is 59.0 Å². The summed E-state index contributed by atoms with van der Waals surface area (Å²) in [6.45, 7) is -0.146. The number of fused-ring (bicyclic) bond motifs is 2. The summed E-state index contributed by atoms with van der Waals surface area (Å²) in [6.07, 6.45) is 2.61. The molecule has 0 saturated carbocycles. The van der Waals surface area contributed by atoms with Crippen LogP contribution in [0.1, 0.15) is 33.8 Å². The van der Waals surface area contributed by atoms with Gasteiger partial charge in [-0.2, -0.15) is 0 Å². The third kappa shape index (κ3) is 3.18. The van der Waals surface area contributed by atoms with Crippen LogP contribution >= 0.6 is 0 Å². The molecule has 0 fully saturated rings. The Morgan fingerprint density at radius 2 is 1.96 bits per heavy atom. The topological polar surface area (TPSA) is 89.7 Å². The number of esters is 1. The van der Waals surface area contributed by atoms with Crippen LogP contribution in [0.15, 0.2) is 45.9 Å². The average molecular weight is 400 g/mol. The Morgan fingerprint density at radius 3 is 2.75 bits per heavy atom. The third-order valence-corrected chi connectivity index (χ3v) is 6.53. The zero-order chi connectivity index (χ0) is 19.9. The number of benzene rings is 1. The molecule has 1 aromatic carbocycles. The predicted molar refractivity (Wildman–Crippen MR) is 102 cm³/mol. The fraction of sp³-hybridized carbons (Fsp3) is 0.300. The Labute approximate surface area is 163 Å². The first-order valence-electron chi connectivity index (χ1n) is 8.97. The number of sulfonamides is 1. The van der Waals surface area contributed by atoms with Crippen molar-refractivity contribution in [3.8, 4) is 0 Å². The summed E-state index contributed by atoms with van der Waals surface area (Å²) >= 11 is 0. The van der Waals surface area contributed by atoms with E-state index >= 15 is 0 Å². The number of pyridine rings is 1. The van der Waals surface area contributed by atoms with E-state index < -0.39 is 16.0 Å². The van der Waals surface area contributed by atoms with Crippen LogP contribution in [0.4, 0.5) is 0 Å². The zero-order valence-electron chi connectivity index (χ0n) is 15.6. The molecular weight excluding hydrogens is 380 g/mol. The molecular formula is C20H20N2O5S. The molecule has 4 rings (SSSR count). The second-order valence-electron chi connectivity index (χ2n) is 6.87. The molecule has 0 N–H and O–H groups in total. The Balaban J connectivity index is 1.60. The van der Waals surface area contributed by atoms with E-state index in [0.29, 0.717) is 5.56 Å². The van der Waals surface area contributed by atoms with Crippen molar-refractivity contribution >= 4 is 26.9 Å². The second kappa shape index (κ2) is 7.03. The van der Waals surface area contributed by atoms with E-state index in [-0.39, 0.29) is 17.5 Å². The number of para-hydroxylation sites is 1. The Kier molecular flexibility index (Phi) is 4.68. The Hall–Kier alpha value is -2.71. The molecule has 3 aromatic rings. The number of nitrogens with zero attached hydrogens (tertiary/aromatic N) is 2. The van der Waals surface area contributed by atoms with Crippen LogP contribution in [-0.4, -0.2) is 37.8 Å². The van der Waals surface area contributed by atoms with Crippen LogP contribution < -0.4 is 0 Å². The van der Waals surface area contributed by atoms with Gasteiger partial charge in [0.1, 0.15) is 12.4 Å². The van der Waals surface area contributed by atoms with Crippen molar-refractivity contribution in [2.24, 2.45) is 0 Å². The number of hydrogen-bond donors (Lipinski definition) is 0. The quantitative estimate of drug-likeness (QED) is 0.612. The fourth-order valence-corrected chi connectivity index (χ4v) is 4.22. The minimum atomic E-state index is -3.67. The van der Waals surface area contributed by atoms with Gasteiger partial charge in [-0.05, 0) is 43.0 Å². The van der Waals surface area contributed by atoms with Gasteiger partial charge in [-0.15, -0.1) is 0 Å². The average Bonchev–Trinajstić information content (AvgIpc) is 3.33. The Bertz CT molecular complexity index is 1160. The largest absolute Gasteiger partial charge is 0.454 e. The van der Waals surface area contributed by atoms with Gasteiger partial charge in [0.05, 0.1) is 11.1 Å². The molecule has 2 heterocycles. The van der Waals surface area contributed by atoms with Crippen LogP contribution in [0.3, 0.4) is 0 Å². The molecule has 0 aliphatic heterocycles. The Morgan fingerprint density at radius 1 is 1.18 bits per heavy atom. The molecule has 7 nitrogen and oxygen atoms in total. The highest BCUT2D eigenvalue weighted by molar-refractivity contribution is 7.88. The molecule has 0 bridgehead atoms. The van der Waals surface area contributed by atoms with Crippen molar-refractivity contribution in [1.82, 2.24) is 9.29 Å². The van der Waals surface area contributed by atoms with Crippen LogP contribution in [0.2, 0.25) is 0 Å². The smallest absolute Gasteiger partial charge is 0.339 e. The van der Waals surface area contributed by atoms with Crippen LogP contribution in [-0.2, 0) is 34.2 Å². The van der Waals surface area contributed by atoms with Gasteiger partial charge in [0.15, 0.2) is 0 Å². The summed E-state index contributed by atoms with van der Waals surface area (Å²) < 4.78 is 36.1. The summed E-state index contributed by atoms with van der Waals surface area (Å²) in [4.78, 5) is 17.6. The lowest BCUT2D eigenvalue weighted by atomic mass is 10.0. The SMILES string of the molecule is CN(C)S(=O)(=O)c1ccc(COC(=O)c2c3c(nc4ccccc24)CCC3)o1. The van der Waals surface area contributed by atoms with E-state index in [1.807, 2.05) is 24.3 Å². The minimum absolute atomic E-state index is 0.146. The summed E-state index contributed by atoms with van der Waals surface area (Å²) in [7, 11) is -0.819. The maximum atomic E-state index is 12.9. The van der Waals surface area contributed by atoms with Crippen LogP contribution in [0, 0.1) is 0 Å². The van der Waals surface area contributed by atoms with Gasteiger partial charge >= 0.3 is 5.97 Å². The molecule has 146 valence electrons. The summed E-state index contributed by atoms with van der Waals surface area (Å²) in [5.41, 5.74) is 3.21. The van der Waals surface area contributed by atoms with E-state index in [0.717, 1.165) is 45.7 Å². The third-order valence-electron chi connectivity index (χ3n) is 4.84. The van der Waals surface area contributed by atoms with Crippen molar-refractivity contribution in [3.63, 3.8) is 0 Å². The van der Waals surface area contributed by atoms with E-state index in [9.17, 15) is 13.2 Å². The number of carbonyl (C=O) groups is 1. The molecule has 0 atom stereocenters. The van der Waals surface area contributed by atoms with Crippen molar-refractivity contribution in [2.75, 3.05) is 14.1 Å². The number of aryl methyl sites for hydroxylation is 1. The molecule has 2 aromatic heterocycles. The van der Waals surface area contributed by atoms with Gasteiger partial charge in [0.25, 0.3) is 10.0 Å². The fourth-order valence-electron chi connectivity index (χ4n) is 3.41. The normalized spacial score (nSPS) is 13.8. The highest BCUT2D eigenvalue weighted by Gasteiger charge is 2.26. The lowest BCUT2D eigenvalue weighted by Gasteiger charge is -2.11. The van der Waals surface area contributed by atoms with E-state index in [2.05, 4.69) is 4.98 Å². The number of aromatic nitrogens is 1. The predicted octanol–water partition coefficient (Wildman–Crippen LogP) is 2.92. The first kappa shape index (κ1) is 18.6. The summed E-state index contributed by atoms with van der Waals surface area (Å²) in [5, 5.41) is 0.585. The molecule has 0 saturated heterocycles. The number of carbonyl (C=O) groups excluding carboxylic acids is 1. The van der Waals surface area contributed by atoms with Crippen molar-refractivity contribution in [1.29, 1.82) is 0 Å². The molecule has 28 heavy (non-hydrogen) atoms. The van der Waals surface area contributed by atoms with E-state index in [1.165, 1.54) is 26.2 Å². The lowest BCUT2D eigenvalue weighted by molar-refractivity contribution is 0.0441. The molecule has 0 amide bonds. The maximum Gasteiger partial charge on any atom is 0.339 e. The molecule has 0 spiro atoms. The molecule has 8 heteroatoms. The monoisotopic (exact) mass is 400 g/mol. The van der Waals surface area contributed by atoms with Crippen LogP contribution in [0.25, 0.3) is 10.9 Å².